The molecule has 0 spiro atoms. The number of hydrogen-bond acceptors (Lipinski definition) is 8. The van der Waals surface area contributed by atoms with Crippen LogP contribution in [0.25, 0.3) is 0 Å². The fraction of sp³-hybridized carbons (Fsp3) is 0.613. The van der Waals surface area contributed by atoms with Gasteiger partial charge in [0.05, 0.1) is 20.8 Å². The highest BCUT2D eigenvalue weighted by molar-refractivity contribution is 6.74. The highest BCUT2D eigenvalue weighted by Gasteiger charge is 2.59. The highest BCUT2D eigenvalue weighted by atomic mass is 28.4. The number of methoxy groups -OCH3 is 3. The Bertz CT molecular complexity index is 1290. The van der Waals surface area contributed by atoms with Crippen LogP contribution in [0.3, 0.4) is 0 Å². The fourth-order valence-corrected chi connectivity index (χ4v) is 6.03. The Hall–Kier alpha value is -2.28. The first-order chi connectivity index (χ1) is 19.5. The van der Waals surface area contributed by atoms with Crippen molar-refractivity contribution < 1.29 is 46.7 Å². The monoisotopic (exact) mass is 610 g/mol. The molecule has 1 N–H and O–H groups in total. The first kappa shape index (κ1) is 32.6. The van der Waals surface area contributed by atoms with E-state index in [1.165, 1.54) is 33.5 Å². The minimum Gasteiger partial charge on any atom is -0.493 e. The zero-order chi connectivity index (χ0) is 31.3. The van der Waals surface area contributed by atoms with Crippen LogP contribution in [-0.2, 0) is 30.7 Å². The lowest BCUT2D eigenvalue weighted by atomic mass is 9.80. The summed E-state index contributed by atoms with van der Waals surface area (Å²) in [5, 5.41) is 12.4. The minimum absolute atomic E-state index is 0.0482. The molecule has 11 heteroatoms. The van der Waals surface area contributed by atoms with Crippen LogP contribution in [0.15, 0.2) is 24.3 Å². The number of halogens is 2. The van der Waals surface area contributed by atoms with Gasteiger partial charge in [0.15, 0.2) is 19.8 Å². The average molecular weight is 611 g/mol. The van der Waals surface area contributed by atoms with E-state index in [4.69, 9.17) is 32.8 Å². The van der Waals surface area contributed by atoms with Crippen LogP contribution in [0.5, 0.6) is 17.2 Å². The second kappa shape index (κ2) is 11.7. The molecule has 2 heterocycles. The summed E-state index contributed by atoms with van der Waals surface area (Å²) in [5.41, 5.74) is -3.07. The molecule has 2 aliphatic rings. The third-order valence-electron chi connectivity index (χ3n) is 8.89. The highest BCUT2D eigenvalue weighted by Crippen LogP contribution is 2.50. The summed E-state index contributed by atoms with van der Waals surface area (Å²) >= 11 is 0. The summed E-state index contributed by atoms with van der Waals surface area (Å²) in [6.45, 7) is 14.5. The Kier molecular flexibility index (Phi) is 9.06. The maximum absolute atomic E-state index is 16.5. The third kappa shape index (κ3) is 5.91. The van der Waals surface area contributed by atoms with Gasteiger partial charge >= 0.3 is 0 Å². The lowest BCUT2D eigenvalue weighted by Crippen LogP contribution is -2.43. The van der Waals surface area contributed by atoms with Gasteiger partial charge in [0.1, 0.15) is 53.7 Å². The molecular formula is C31H44F2O8Si. The molecule has 0 aromatic heterocycles. The molecule has 0 bridgehead atoms. The van der Waals surface area contributed by atoms with Gasteiger partial charge < -0.3 is 38.0 Å². The molecular weight excluding hydrogens is 566 g/mol. The Morgan fingerprint density at radius 2 is 1.62 bits per heavy atom. The van der Waals surface area contributed by atoms with Gasteiger partial charge in [0.25, 0.3) is 0 Å². The van der Waals surface area contributed by atoms with Crippen LogP contribution < -0.4 is 14.2 Å². The van der Waals surface area contributed by atoms with Crippen LogP contribution in [-0.4, -0.2) is 72.1 Å². The Labute approximate surface area is 248 Å². The molecule has 0 radical (unpaired) electrons. The van der Waals surface area contributed by atoms with Gasteiger partial charge in [-0.15, -0.1) is 0 Å². The number of aliphatic hydroxyl groups is 1. The first-order valence-electron chi connectivity index (χ1n) is 14.1. The summed E-state index contributed by atoms with van der Waals surface area (Å²) < 4.78 is 72.1. The van der Waals surface area contributed by atoms with Crippen molar-refractivity contribution in [2.45, 2.75) is 88.7 Å². The van der Waals surface area contributed by atoms with Crippen molar-refractivity contribution in [3.63, 3.8) is 0 Å². The van der Waals surface area contributed by atoms with E-state index in [9.17, 15) is 5.11 Å². The zero-order valence-electron chi connectivity index (χ0n) is 26.2. The zero-order valence-corrected chi connectivity index (χ0v) is 27.2. The van der Waals surface area contributed by atoms with E-state index in [1.54, 1.807) is 6.07 Å². The van der Waals surface area contributed by atoms with Crippen molar-refractivity contribution in [2.75, 3.05) is 34.7 Å². The molecule has 4 rings (SSSR count). The van der Waals surface area contributed by atoms with E-state index in [-0.39, 0.29) is 53.0 Å². The van der Waals surface area contributed by atoms with E-state index in [0.29, 0.717) is 5.75 Å². The van der Waals surface area contributed by atoms with Gasteiger partial charge in [-0.2, -0.15) is 0 Å². The topological polar surface area (TPSA) is 88.1 Å². The van der Waals surface area contributed by atoms with E-state index in [1.807, 2.05) is 13.8 Å². The Morgan fingerprint density at radius 1 is 0.976 bits per heavy atom. The Balaban J connectivity index is 1.76. The van der Waals surface area contributed by atoms with Crippen LogP contribution in [0.4, 0.5) is 8.78 Å². The summed E-state index contributed by atoms with van der Waals surface area (Å²) in [6, 6.07) is 5.45. The maximum atomic E-state index is 16.5. The van der Waals surface area contributed by atoms with Crippen LogP contribution in [0.2, 0.25) is 18.1 Å². The Morgan fingerprint density at radius 3 is 2.21 bits per heavy atom. The van der Waals surface area contributed by atoms with Crippen molar-refractivity contribution in [1.82, 2.24) is 0 Å². The van der Waals surface area contributed by atoms with Gasteiger partial charge in [-0.25, -0.2) is 8.78 Å². The maximum Gasteiger partial charge on any atom is 0.192 e. The second-order valence-electron chi connectivity index (χ2n) is 13.0. The molecule has 0 amide bonds. The minimum atomic E-state index is -2.22. The SMILES string of the molecule is COCOC(C)(C)[C@H]1Cc2c(ccc([C@](O)(c3cc(OC)c(OC)cc3F)[C@@H]3O[C@@H]3CO[Si](C)(C)C(C)(C)C)c2F)O1. The summed E-state index contributed by atoms with van der Waals surface area (Å²) in [6.07, 6.45) is -1.91. The molecule has 0 aliphatic carbocycles. The van der Waals surface area contributed by atoms with Crippen LogP contribution in [0.1, 0.15) is 51.3 Å². The van der Waals surface area contributed by atoms with E-state index in [0.717, 1.165) is 6.07 Å². The second-order valence-corrected chi connectivity index (χ2v) is 17.8. The lowest BCUT2D eigenvalue weighted by molar-refractivity contribution is -0.149. The number of benzene rings is 2. The smallest absolute Gasteiger partial charge is 0.192 e. The van der Waals surface area contributed by atoms with Crippen molar-refractivity contribution in [1.29, 1.82) is 0 Å². The number of fused-ring (bicyclic) bond motifs is 1. The van der Waals surface area contributed by atoms with Gasteiger partial charge in [-0.05, 0) is 50.2 Å². The van der Waals surface area contributed by atoms with Crippen molar-refractivity contribution in [3.8, 4) is 17.2 Å². The van der Waals surface area contributed by atoms with Gasteiger partial charge in [-0.1, -0.05) is 20.8 Å². The molecule has 234 valence electrons. The van der Waals surface area contributed by atoms with Crippen molar-refractivity contribution in [2.24, 2.45) is 0 Å². The molecule has 2 aromatic rings. The molecule has 0 unspecified atom stereocenters. The van der Waals surface area contributed by atoms with Gasteiger partial charge in [0.2, 0.25) is 0 Å². The molecule has 4 atom stereocenters. The van der Waals surface area contributed by atoms with Crippen LogP contribution in [0, 0.1) is 11.6 Å². The first-order valence-corrected chi connectivity index (χ1v) is 17.0. The summed E-state index contributed by atoms with van der Waals surface area (Å²) in [7, 11) is 2.15. The average Bonchev–Trinajstić information content (AvgIpc) is 3.58. The van der Waals surface area contributed by atoms with E-state index >= 15 is 8.78 Å². The van der Waals surface area contributed by atoms with Gasteiger partial charge in [0, 0.05) is 36.3 Å². The standard InChI is InChI=1S/C31H44F2O8Si/c1-29(2,3)42(9,10)39-16-25-28(41-25)31(34,20-14-23(36-7)24(37-8)15-21(20)32)19-11-12-22-18(27(19)33)13-26(40-22)30(4,5)38-17-35-6/h11-12,14-15,25-26,28,34H,13,16-17H2,1-10H3/t25-,26-,28-,31+/m1/s1. The third-order valence-corrected chi connectivity index (χ3v) is 13.4. The van der Waals surface area contributed by atoms with Crippen molar-refractivity contribution in [3.05, 3.63) is 52.6 Å². The van der Waals surface area contributed by atoms with Gasteiger partial charge in [-0.3, -0.25) is 0 Å². The normalized spacial score (nSPS) is 21.9. The lowest BCUT2D eigenvalue weighted by Gasteiger charge is -2.36. The summed E-state index contributed by atoms with van der Waals surface area (Å²) in [4.78, 5) is 0. The number of rotatable bonds is 12. The molecule has 2 aromatic carbocycles. The fourth-order valence-electron chi connectivity index (χ4n) is 5.01. The van der Waals surface area contributed by atoms with Crippen LogP contribution >= 0.6 is 0 Å². The largest absolute Gasteiger partial charge is 0.493 e. The molecule has 42 heavy (non-hydrogen) atoms. The number of hydrogen-bond donors (Lipinski definition) is 1. The number of epoxide rings is 1. The molecule has 2 aliphatic heterocycles. The summed E-state index contributed by atoms with van der Waals surface area (Å²) in [5.74, 6) is -0.838. The molecule has 1 fully saturated rings. The molecule has 8 nitrogen and oxygen atoms in total. The number of ether oxygens (including phenoxy) is 6. The van der Waals surface area contributed by atoms with E-state index < -0.39 is 49.5 Å². The predicted molar refractivity (Wildman–Crippen MR) is 156 cm³/mol. The predicted octanol–water partition coefficient (Wildman–Crippen LogP) is 5.71. The quantitative estimate of drug-likeness (QED) is 0.186. The van der Waals surface area contributed by atoms with Crippen molar-refractivity contribution >= 4 is 8.32 Å². The van der Waals surface area contributed by atoms with E-state index in [2.05, 4.69) is 33.9 Å². The molecule has 1 saturated heterocycles. The molecule has 0 saturated carbocycles.